The maximum absolute atomic E-state index is 12.7. The Morgan fingerprint density at radius 1 is 1.16 bits per heavy atom. The molecule has 5 nitrogen and oxygen atoms in total. The monoisotopic (exact) mass is 474 g/mol. The second-order valence-electron chi connectivity index (χ2n) is 6.94. The molecule has 1 aliphatic heterocycles. The van der Waals surface area contributed by atoms with Crippen molar-refractivity contribution in [3.63, 3.8) is 0 Å². The average molecular weight is 475 g/mol. The Labute approximate surface area is 196 Å². The lowest BCUT2D eigenvalue weighted by atomic mass is 10.1. The Bertz CT molecular complexity index is 993. The van der Waals surface area contributed by atoms with Crippen molar-refractivity contribution in [3.8, 4) is 5.75 Å². The lowest BCUT2D eigenvalue weighted by Crippen LogP contribution is -2.29. The molecule has 2 aromatic rings. The van der Waals surface area contributed by atoms with Gasteiger partial charge in [0.1, 0.15) is 10.1 Å². The molecule has 1 saturated heterocycles. The van der Waals surface area contributed by atoms with E-state index in [1.807, 2.05) is 36.4 Å². The van der Waals surface area contributed by atoms with Crippen molar-refractivity contribution in [1.82, 2.24) is 4.90 Å². The van der Waals surface area contributed by atoms with Gasteiger partial charge in [0.2, 0.25) is 5.91 Å². The van der Waals surface area contributed by atoms with E-state index in [4.69, 9.17) is 28.6 Å². The summed E-state index contributed by atoms with van der Waals surface area (Å²) in [6, 6.07) is 14.6. The smallest absolute Gasteiger partial charge is 0.266 e. The molecular weight excluding hydrogens is 452 g/mol. The quantitative estimate of drug-likeness (QED) is 0.285. The third kappa shape index (κ3) is 6.56. The summed E-state index contributed by atoms with van der Waals surface area (Å²) in [5.41, 5.74) is 1.57. The molecule has 3 rings (SSSR count). The predicted molar refractivity (Wildman–Crippen MR) is 131 cm³/mol. The van der Waals surface area contributed by atoms with Gasteiger partial charge < -0.3 is 10.1 Å². The number of nitrogens with one attached hydrogen (secondary N) is 1. The summed E-state index contributed by atoms with van der Waals surface area (Å²) >= 11 is 12.6. The Morgan fingerprint density at radius 3 is 2.65 bits per heavy atom. The third-order valence-corrected chi connectivity index (χ3v) is 6.34. The number of thiocarbonyl (C=S) groups is 1. The normalized spacial score (nSPS) is 14.9. The number of hydrogen-bond donors (Lipinski definition) is 1. The number of methoxy groups -OCH3 is 1. The number of thioether (sulfide) groups is 1. The number of halogens is 1. The maximum atomic E-state index is 12.7. The largest absolute Gasteiger partial charge is 0.495 e. The predicted octanol–water partition coefficient (Wildman–Crippen LogP) is 5.75. The average Bonchev–Trinajstić information content (AvgIpc) is 3.02. The van der Waals surface area contributed by atoms with Gasteiger partial charge in [-0.1, -0.05) is 66.3 Å². The van der Waals surface area contributed by atoms with Crippen LogP contribution in [-0.2, 0) is 9.59 Å². The number of para-hydroxylation sites is 2. The van der Waals surface area contributed by atoms with Crippen molar-refractivity contribution in [1.29, 1.82) is 0 Å². The first kappa shape index (κ1) is 23.3. The van der Waals surface area contributed by atoms with Gasteiger partial charge in [0.25, 0.3) is 5.91 Å². The minimum atomic E-state index is -0.0705. The molecule has 0 spiro atoms. The highest BCUT2D eigenvalue weighted by molar-refractivity contribution is 8.26. The summed E-state index contributed by atoms with van der Waals surface area (Å²) in [4.78, 5) is 27.1. The zero-order chi connectivity index (χ0) is 22.2. The fraction of sp³-hybridized carbons (Fsp3) is 0.261. The molecule has 0 aromatic heterocycles. The minimum absolute atomic E-state index is 0.0546. The summed E-state index contributed by atoms with van der Waals surface area (Å²) in [7, 11) is 1.57. The Hall–Kier alpha value is -2.35. The van der Waals surface area contributed by atoms with Crippen molar-refractivity contribution in [2.45, 2.75) is 25.7 Å². The molecular formula is C23H23ClN2O3S2. The third-order valence-electron chi connectivity index (χ3n) is 4.71. The number of ether oxygens (including phenoxy) is 1. The molecule has 8 heteroatoms. The highest BCUT2D eigenvalue weighted by Gasteiger charge is 2.31. The van der Waals surface area contributed by atoms with E-state index in [0.717, 1.165) is 24.8 Å². The van der Waals surface area contributed by atoms with Gasteiger partial charge in [-0.3, -0.25) is 14.5 Å². The summed E-state index contributed by atoms with van der Waals surface area (Å²) in [6.45, 7) is 0.552. The second kappa shape index (κ2) is 11.3. The molecule has 0 unspecified atom stereocenters. The van der Waals surface area contributed by atoms with Crippen molar-refractivity contribution < 1.29 is 14.3 Å². The number of benzene rings is 2. The summed E-state index contributed by atoms with van der Waals surface area (Å²) in [6.07, 6.45) is 4.58. The molecule has 0 radical (unpaired) electrons. The van der Waals surface area contributed by atoms with Crippen molar-refractivity contribution >= 4 is 63.5 Å². The first-order valence-corrected chi connectivity index (χ1v) is 11.5. The fourth-order valence-corrected chi connectivity index (χ4v) is 4.53. The number of amides is 2. The molecule has 0 atom stereocenters. The van der Waals surface area contributed by atoms with Gasteiger partial charge >= 0.3 is 0 Å². The molecule has 1 aliphatic rings. The molecule has 0 saturated carbocycles. The molecule has 1 heterocycles. The summed E-state index contributed by atoms with van der Waals surface area (Å²) in [5.74, 6) is 0.511. The molecule has 2 aromatic carbocycles. The van der Waals surface area contributed by atoms with Gasteiger partial charge in [-0.05, 0) is 48.7 Å². The van der Waals surface area contributed by atoms with E-state index in [0.29, 0.717) is 38.7 Å². The first-order chi connectivity index (χ1) is 15.0. The van der Waals surface area contributed by atoms with Crippen LogP contribution in [0.4, 0.5) is 5.69 Å². The Kier molecular flexibility index (Phi) is 8.51. The lowest BCUT2D eigenvalue weighted by molar-refractivity contribution is -0.122. The second-order valence-corrected chi connectivity index (χ2v) is 9.06. The first-order valence-electron chi connectivity index (χ1n) is 9.92. The topological polar surface area (TPSA) is 58.6 Å². The van der Waals surface area contributed by atoms with E-state index >= 15 is 0 Å². The minimum Gasteiger partial charge on any atom is -0.495 e. The number of hydrogen-bond acceptors (Lipinski definition) is 5. The van der Waals surface area contributed by atoms with E-state index in [9.17, 15) is 9.59 Å². The number of unbranched alkanes of at least 4 members (excludes halogenated alkanes) is 2. The van der Waals surface area contributed by atoms with Crippen LogP contribution in [0.15, 0.2) is 53.4 Å². The van der Waals surface area contributed by atoms with Gasteiger partial charge in [-0.25, -0.2) is 0 Å². The van der Waals surface area contributed by atoms with Crippen LogP contribution in [0, 0.1) is 0 Å². The molecule has 0 bridgehead atoms. The van der Waals surface area contributed by atoms with Gasteiger partial charge in [0.05, 0.1) is 17.7 Å². The van der Waals surface area contributed by atoms with E-state index < -0.39 is 0 Å². The van der Waals surface area contributed by atoms with E-state index in [2.05, 4.69) is 5.32 Å². The van der Waals surface area contributed by atoms with E-state index in [1.54, 1.807) is 30.2 Å². The SMILES string of the molecule is COc1ccccc1NC(=O)CCCCCN1C(=O)/C(=C/c2ccc(Cl)cc2)SC1=S. The van der Waals surface area contributed by atoms with Crippen LogP contribution in [0.25, 0.3) is 6.08 Å². The molecule has 162 valence electrons. The lowest BCUT2D eigenvalue weighted by Gasteiger charge is -2.14. The zero-order valence-electron chi connectivity index (χ0n) is 17.1. The van der Waals surface area contributed by atoms with Gasteiger partial charge in [-0.2, -0.15) is 0 Å². The van der Waals surface area contributed by atoms with Crippen molar-refractivity contribution in [2.24, 2.45) is 0 Å². The molecule has 0 aliphatic carbocycles. The number of nitrogens with zero attached hydrogens (tertiary/aromatic N) is 1. The summed E-state index contributed by atoms with van der Waals surface area (Å²) < 4.78 is 5.81. The number of carbonyl (C=O) groups is 2. The fourth-order valence-electron chi connectivity index (χ4n) is 3.10. The molecule has 31 heavy (non-hydrogen) atoms. The van der Waals surface area contributed by atoms with E-state index in [-0.39, 0.29) is 11.8 Å². The zero-order valence-corrected chi connectivity index (χ0v) is 19.5. The van der Waals surface area contributed by atoms with Crippen LogP contribution in [0.1, 0.15) is 31.2 Å². The highest BCUT2D eigenvalue weighted by atomic mass is 35.5. The van der Waals surface area contributed by atoms with Gasteiger partial charge in [-0.15, -0.1) is 0 Å². The number of rotatable bonds is 9. The van der Waals surface area contributed by atoms with E-state index in [1.165, 1.54) is 11.8 Å². The van der Waals surface area contributed by atoms with Crippen LogP contribution in [0.2, 0.25) is 5.02 Å². The number of carbonyl (C=O) groups excluding carboxylic acids is 2. The van der Waals surface area contributed by atoms with Gasteiger partial charge in [0, 0.05) is 18.0 Å². The van der Waals surface area contributed by atoms with Crippen LogP contribution < -0.4 is 10.1 Å². The van der Waals surface area contributed by atoms with Gasteiger partial charge in [0.15, 0.2) is 0 Å². The Morgan fingerprint density at radius 2 is 1.90 bits per heavy atom. The maximum Gasteiger partial charge on any atom is 0.266 e. The van der Waals surface area contributed by atoms with Crippen molar-refractivity contribution in [3.05, 3.63) is 64.0 Å². The summed E-state index contributed by atoms with van der Waals surface area (Å²) in [5, 5.41) is 3.53. The van der Waals surface area contributed by atoms with Crippen molar-refractivity contribution in [2.75, 3.05) is 19.0 Å². The Balaban J connectivity index is 1.42. The standard InChI is InChI=1S/C23H23ClN2O3S2/c1-29-19-8-5-4-7-18(19)25-21(27)9-3-2-6-14-26-22(28)20(31-23(26)30)15-16-10-12-17(24)13-11-16/h4-5,7-8,10-13,15H,2-3,6,9,14H2,1H3,(H,25,27)/b20-15-. The number of anilines is 1. The van der Waals surface area contributed by atoms with Crippen LogP contribution in [0.5, 0.6) is 5.75 Å². The molecule has 1 N–H and O–H groups in total. The van der Waals surface area contributed by atoms with Crippen LogP contribution >= 0.6 is 35.6 Å². The van der Waals surface area contributed by atoms with Crippen LogP contribution in [0.3, 0.4) is 0 Å². The molecule has 2 amide bonds. The molecule has 1 fully saturated rings. The van der Waals surface area contributed by atoms with Crippen LogP contribution in [-0.4, -0.2) is 34.7 Å². The highest BCUT2D eigenvalue weighted by Crippen LogP contribution is 2.33.